The van der Waals surface area contributed by atoms with Gasteiger partial charge in [-0.25, -0.2) is 13.6 Å². The highest BCUT2D eigenvalue weighted by atomic mass is 35.5. The smallest absolute Gasteiger partial charge is 0.335 e. The SMILES string of the molecule is CCOC(=O)C(=CNC1CC1)Cc1cc(F)c(F)cc1Cl. The number of nitrogens with one attached hydrogen (secondary N) is 1. The van der Waals surface area contributed by atoms with Crippen LogP contribution < -0.4 is 5.32 Å². The Morgan fingerprint density at radius 2 is 2.10 bits per heavy atom. The zero-order chi connectivity index (χ0) is 15.4. The number of esters is 1. The molecule has 2 rings (SSSR count). The van der Waals surface area contributed by atoms with Crippen LogP contribution in [0.4, 0.5) is 8.78 Å². The van der Waals surface area contributed by atoms with E-state index < -0.39 is 17.6 Å². The van der Waals surface area contributed by atoms with Gasteiger partial charge in [0.15, 0.2) is 11.6 Å². The van der Waals surface area contributed by atoms with E-state index in [-0.39, 0.29) is 18.1 Å². The van der Waals surface area contributed by atoms with Gasteiger partial charge in [-0.2, -0.15) is 0 Å². The van der Waals surface area contributed by atoms with Crippen LogP contribution in [0.2, 0.25) is 5.02 Å². The van der Waals surface area contributed by atoms with Crippen LogP contribution in [-0.2, 0) is 16.0 Å². The van der Waals surface area contributed by atoms with E-state index in [2.05, 4.69) is 5.32 Å². The summed E-state index contributed by atoms with van der Waals surface area (Å²) in [7, 11) is 0. The predicted molar refractivity (Wildman–Crippen MR) is 75.9 cm³/mol. The van der Waals surface area contributed by atoms with E-state index in [0.717, 1.165) is 25.0 Å². The average molecular weight is 316 g/mol. The Morgan fingerprint density at radius 3 is 2.71 bits per heavy atom. The molecular formula is C15H16ClF2NO2. The highest BCUT2D eigenvalue weighted by Gasteiger charge is 2.21. The molecule has 0 radical (unpaired) electrons. The molecule has 6 heteroatoms. The van der Waals surface area contributed by atoms with Gasteiger partial charge in [0.2, 0.25) is 0 Å². The predicted octanol–water partition coefficient (Wildman–Crippen LogP) is 3.36. The van der Waals surface area contributed by atoms with Gasteiger partial charge < -0.3 is 10.1 Å². The lowest BCUT2D eigenvalue weighted by atomic mass is 10.1. The Labute approximate surface area is 126 Å². The van der Waals surface area contributed by atoms with Crippen molar-refractivity contribution in [2.24, 2.45) is 0 Å². The topological polar surface area (TPSA) is 38.3 Å². The van der Waals surface area contributed by atoms with Gasteiger partial charge in [-0.3, -0.25) is 0 Å². The van der Waals surface area contributed by atoms with Gasteiger partial charge in [-0.15, -0.1) is 0 Å². The van der Waals surface area contributed by atoms with Crippen molar-refractivity contribution in [3.63, 3.8) is 0 Å². The summed E-state index contributed by atoms with van der Waals surface area (Å²) in [4.78, 5) is 11.9. The van der Waals surface area contributed by atoms with Crippen molar-refractivity contribution in [3.05, 3.63) is 46.1 Å². The molecule has 0 saturated heterocycles. The minimum absolute atomic E-state index is 0.0780. The summed E-state index contributed by atoms with van der Waals surface area (Å²) in [5.41, 5.74) is 0.670. The van der Waals surface area contributed by atoms with Gasteiger partial charge in [0.05, 0.1) is 12.2 Å². The minimum atomic E-state index is -1.01. The summed E-state index contributed by atoms with van der Waals surface area (Å²) < 4.78 is 31.3. The van der Waals surface area contributed by atoms with Crippen LogP contribution in [-0.4, -0.2) is 18.6 Å². The monoisotopic (exact) mass is 315 g/mol. The van der Waals surface area contributed by atoms with E-state index in [1.807, 2.05) is 0 Å². The fourth-order valence-electron chi connectivity index (χ4n) is 1.78. The zero-order valence-corrected chi connectivity index (χ0v) is 12.3. The molecule has 0 spiro atoms. The highest BCUT2D eigenvalue weighted by molar-refractivity contribution is 6.31. The van der Waals surface area contributed by atoms with Crippen molar-refractivity contribution in [2.45, 2.75) is 32.2 Å². The number of ether oxygens (including phenoxy) is 1. The largest absolute Gasteiger partial charge is 0.463 e. The van der Waals surface area contributed by atoms with E-state index in [4.69, 9.17) is 16.3 Å². The Morgan fingerprint density at radius 1 is 1.43 bits per heavy atom. The fraction of sp³-hybridized carbons (Fsp3) is 0.400. The van der Waals surface area contributed by atoms with Crippen LogP contribution >= 0.6 is 11.6 Å². The minimum Gasteiger partial charge on any atom is -0.463 e. The van der Waals surface area contributed by atoms with Gasteiger partial charge in [0, 0.05) is 23.7 Å². The Hall–Kier alpha value is -1.62. The van der Waals surface area contributed by atoms with Crippen LogP contribution in [0.15, 0.2) is 23.9 Å². The van der Waals surface area contributed by atoms with Crippen LogP contribution in [0.5, 0.6) is 0 Å². The lowest BCUT2D eigenvalue weighted by molar-refractivity contribution is -0.138. The molecule has 21 heavy (non-hydrogen) atoms. The van der Waals surface area contributed by atoms with E-state index >= 15 is 0 Å². The molecule has 1 aromatic carbocycles. The average Bonchev–Trinajstić information content (AvgIpc) is 3.24. The number of halogens is 3. The lowest BCUT2D eigenvalue weighted by Gasteiger charge is -2.10. The molecule has 0 bridgehead atoms. The van der Waals surface area contributed by atoms with Crippen molar-refractivity contribution in [2.75, 3.05) is 6.61 Å². The van der Waals surface area contributed by atoms with Gasteiger partial charge >= 0.3 is 5.97 Å². The highest BCUT2D eigenvalue weighted by Crippen LogP contribution is 2.24. The van der Waals surface area contributed by atoms with Crippen molar-refractivity contribution in [3.8, 4) is 0 Å². The molecule has 1 aliphatic carbocycles. The van der Waals surface area contributed by atoms with Crippen molar-refractivity contribution in [1.29, 1.82) is 0 Å². The first-order valence-electron chi connectivity index (χ1n) is 6.77. The lowest BCUT2D eigenvalue weighted by Crippen LogP contribution is -2.16. The molecule has 1 N–H and O–H groups in total. The van der Waals surface area contributed by atoms with Crippen molar-refractivity contribution in [1.82, 2.24) is 5.32 Å². The number of hydrogen-bond acceptors (Lipinski definition) is 3. The van der Waals surface area contributed by atoms with Crippen LogP contribution in [0.3, 0.4) is 0 Å². The van der Waals surface area contributed by atoms with Crippen molar-refractivity contribution >= 4 is 17.6 Å². The zero-order valence-electron chi connectivity index (χ0n) is 11.6. The fourth-order valence-corrected chi connectivity index (χ4v) is 2.00. The maximum absolute atomic E-state index is 13.3. The van der Waals surface area contributed by atoms with Gasteiger partial charge in [-0.05, 0) is 37.5 Å². The normalized spacial score (nSPS) is 15.0. The van der Waals surface area contributed by atoms with E-state index in [1.165, 1.54) is 0 Å². The standard InChI is InChI=1S/C15H16ClF2NO2/c1-2-21-15(20)10(8-19-11-3-4-11)5-9-6-13(17)14(18)7-12(9)16/h6-8,11,19H,2-5H2,1H3. The second-order valence-corrected chi connectivity index (χ2v) is 5.27. The van der Waals surface area contributed by atoms with Crippen LogP contribution in [0.1, 0.15) is 25.3 Å². The summed E-state index contributed by atoms with van der Waals surface area (Å²) in [6.07, 6.45) is 3.76. The summed E-state index contributed by atoms with van der Waals surface area (Å²) in [6, 6.07) is 2.28. The molecule has 0 amide bonds. The Kier molecular flexibility index (Phi) is 5.17. The molecule has 3 nitrogen and oxygen atoms in total. The van der Waals surface area contributed by atoms with Gasteiger partial charge in [0.1, 0.15) is 0 Å². The molecule has 114 valence electrons. The van der Waals surface area contributed by atoms with Crippen LogP contribution in [0.25, 0.3) is 0 Å². The first-order valence-corrected chi connectivity index (χ1v) is 7.14. The molecule has 1 saturated carbocycles. The molecule has 0 unspecified atom stereocenters. The summed E-state index contributed by atoms with van der Waals surface area (Å²) in [6.45, 7) is 1.94. The second kappa shape index (κ2) is 6.89. The molecule has 0 heterocycles. The molecule has 1 fully saturated rings. The number of benzene rings is 1. The molecule has 0 aromatic heterocycles. The van der Waals surface area contributed by atoms with E-state index in [9.17, 15) is 13.6 Å². The number of rotatable bonds is 6. The third kappa shape index (κ3) is 4.43. The first-order chi connectivity index (χ1) is 10.0. The molecular weight excluding hydrogens is 300 g/mol. The van der Waals surface area contributed by atoms with Crippen molar-refractivity contribution < 1.29 is 18.3 Å². The maximum atomic E-state index is 13.3. The quantitative estimate of drug-likeness (QED) is 0.497. The summed E-state index contributed by atoms with van der Waals surface area (Å²) in [5, 5.41) is 3.17. The van der Waals surface area contributed by atoms with Gasteiger partial charge in [-0.1, -0.05) is 11.6 Å². The summed E-state index contributed by atoms with van der Waals surface area (Å²) in [5.74, 6) is -2.50. The Balaban J connectivity index is 2.19. The Bertz CT molecular complexity index is 571. The third-order valence-electron chi connectivity index (χ3n) is 3.08. The molecule has 1 aromatic rings. The van der Waals surface area contributed by atoms with Gasteiger partial charge in [0.25, 0.3) is 0 Å². The van der Waals surface area contributed by atoms with Crippen LogP contribution in [0, 0.1) is 11.6 Å². The summed E-state index contributed by atoms with van der Waals surface area (Å²) >= 11 is 5.90. The second-order valence-electron chi connectivity index (χ2n) is 4.87. The number of hydrogen-bond donors (Lipinski definition) is 1. The number of carbonyl (C=O) groups is 1. The number of carbonyl (C=O) groups excluding carboxylic acids is 1. The molecule has 1 aliphatic rings. The molecule has 0 aliphatic heterocycles. The maximum Gasteiger partial charge on any atom is 0.335 e. The molecule has 0 atom stereocenters. The first kappa shape index (κ1) is 15.8. The van der Waals surface area contributed by atoms with E-state index in [1.54, 1.807) is 13.1 Å². The van der Waals surface area contributed by atoms with E-state index in [0.29, 0.717) is 17.2 Å². The third-order valence-corrected chi connectivity index (χ3v) is 3.43.